The van der Waals surface area contributed by atoms with Crippen LogP contribution in [0.3, 0.4) is 0 Å². The van der Waals surface area contributed by atoms with E-state index >= 15 is 0 Å². The molecule has 0 aliphatic heterocycles. The van der Waals surface area contributed by atoms with Crippen LogP contribution in [0.15, 0.2) is 77.9 Å². The number of carbonyl (C=O) groups is 1. The largest absolute Gasteiger partial charge is 0.477 e. The minimum Gasteiger partial charge on any atom is -0.477 e. The van der Waals surface area contributed by atoms with Gasteiger partial charge in [0.15, 0.2) is 0 Å². The summed E-state index contributed by atoms with van der Waals surface area (Å²) >= 11 is 0. The molecule has 4 aromatic rings. The van der Waals surface area contributed by atoms with Gasteiger partial charge in [-0.3, -0.25) is 4.79 Å². The fourth-order valence-corrected chi connectivity index (χ4v) is 3.00. The van der Waals surface area contributed by atoms with E-state index in [1.807, 2.05) is 54.7 Å². The van der Waals surface area contributed by atoms with E-state index in [1.54, 1.807) is 16.9 Å². The number of para-hydroxylation sites is 1. The molecule has 0 atom stereocenters. The topological polar surface area (TPSA) is 77.1 Å². The fourth-order valence-electron chi connectivity index (χ4n) is 3.00. The maximum Gasteiger partial charge on any atom is 0.341 e. The molecular weight excluding hydrogens is 330 g/mol. The second-order valence-electron chi connectivity index (χ2n) is 5.93. The van der Waals surface area contributed by atoms with Gasteiger partial charge >= 0.3 is 5.97 Å². The summed E-state index contributed by atoms with van der Waals surface area (Å²) < 4.78 is 3.25. The van der Waals surface area contributed by atoms with Gasteiger partial charge in [0.2, 0.25) is 0 Å². The van der Waals surface area contributed by atoms with E-state index in [-0.39, 0.29) is 5.56 Å². The van der Waals surface area contributed by atoms with Crippen molar-refractivity contribution in [3.8, 4) is 5.69 Å². The normalized spacial score (nSPS) is 10.9. The summed E-state index contributed by atoms with van der Waals surface area (Å²) in [5.74, 6) is -1.22. The van der Waals surface area contributed by atoms with E-state index in [9.17, 15) is 14.7 Å². The molecule has 1 N–H and O–H groups in total. The van der Waals surface area contributed by atoms with Crippen molar-refractivity contribution in [2.75, 3.05) is 0 Å². The number of nitrogens with zero attached hydrogens (tertiary/aromatic N) is 3. The Bertz CT molecular complexity index is 1140. The van der Waals surface area contributed by atoms with Gasteiger partial charge in [0.25, 0.3) is 5.56 Å². The first-order chi connectivity index (χ1) is 12.6. The molecule has 0 saturated carbocycles. The number of aromatic carboxylic acids is 1. The predicted octanol–water partition coefficient (Wildman–Crippen LogP) is 2.93. The third-order valence-corrected chi connectivity index (χ3v) is 4.28. The van der Waals surface area contributed by atoms with Gasteiger partial charge in [0.05, 0.1) is 17.7 Å². The van der Waals surface area contributed by atoms with Crippen molar-refractivity contribution in [1.82, 2.24) is 14.3 Å². The van der Waals surface area contributed by atoms with Crippen LogP contribution in [0.4, 0.5) is 0 Å². The van der Waals surface area contributed by atoms with Crippen LogP contribution in [0.25, 0.3) is 16.6 Å². The van der Waals surface area contributed by atoms with Crippen LogP contribution in [0.1, 0.15) is 15.9 Å². The summed E-state index contributed by atoms with van der Waals surface area (Å²) in [4.78, 5) is 24.1. The van der Waals surface area contributed by atoms with Gasteiger partial charge in [-0.05, 0) is 41.3 Å². The Morgan fingerprint density at radius 1 is 1.04 bits per heavy atom. The van der Waals surface area contributed by atoms with Crippen LogP contribution in [0.2, 0.25) is 0 Å². The summed E-state index contributed by atoms with van der Waals surface area (Å²) in [6, 6.07) is 18.2. The lowest BCUT2D eigenvalue weighted by atomic mass is 10.1. The minimum absolute atomic E-state index is 0.225. The second kappa shape index (κ2) is 6.33. The highest BCUT2D eigenvalue weighted by Crippen LogP contribution is 2.16. The van der Waals surface area contributed by atoms with Crippen molar-refractivity contribution in [3.63, 3.8) is 0 Å². The van der Waals surface area contributed by atoms with E-state index in [2.05, 4.69) is 5.10 Å². The van der Waals surface area contributed by atoms with Gasteiger partial charge in [-0.2, -0.15) is 5.10 Å². The Labute approximate surface area is 148 Å². The average molecular weight is 345 g/mol. The molecule has 0 radical (unpaired) electrons. The SMILES string of the molecule is O=C(O)c1cc2ccccc2n(Cc2ccc(-n3cccn3)cc2)c1=O. The molecule has 2 aromatic heterocycles. The zero-order valence-electron chi connectivity index (χ0n) is 13.7. The number of carboxylic acid groups (broad SMARTS) is 1. The molecule has 26 heavy (non-hydrogen) atoms. The van der Waals surface area contributed by atoms with E-state index in [1.165, 1.54) is 10.6 Å². The summed E-state index contributed by atoms with van der Waals surface area (Å²) in [6.07, 6.45) is 3.56. The van der Waals surface area contributed by atoms with Crippen LogP contribution in [-0.2, 0) is 6.54 Å². The smallest absolute Gasteiger partial charge is 0.341 e. The number of fused-ring (bicyclic) bond motifs is 1. The fraction of sp³-hybridized carbons (Fsp3) is 0.0500. The molecule has 0 aliphatic rings. The molecule has 0 unspecified atom stereocenters. The van der Waals surface area contributed by atoms with Crippen molar-refractivity contribution in [1.29, 1.82) is 0 Å². The number of hydrogen-bond donors (Lipinski definition) is 1. The third kappa shape index (κ3) is 2.77. The number of pyridine rings is 1. The molecule has 6 nitrogen and oxygen atoms in total. The Hall–Kier alpha value is -3.67. The summed E-state index contributed by atoms with van der Waals surface area (Å²) in [6.45, 7) is 0.292. The number of aromatic nitrogens is 3. The summed E-state index contributed by atoms with van der Waals surface area (Å²) in [7, 11) is 0. The first-order valence-corrected chi connectivity index (χ1v) is 8.08. The number of carboxylic acids is 1. The second-order valence-corrected chi connectivity index (χ2v) is 5.93. The molecule has 4 rings (SSSR count). The Morgan fingerprint density at radius 3 is 2.50 bits per heavy atom. The van der Waals surface area contributed by atoms with E-state index in [0.29, 0.717) is 12.1 Å². The Kier molecular flexibility index (Phi) is 3.85. The lowest BCUT2D eigenvalue weighted by molar-refractivity contribution is 0.0694. The highest BCUT2D eigenvalue weighted by atomic mass is 16.4. The number of benzene rings is 2. The lowest BCUT2D eigenvalue weighted by Gasteiger charge is -2.12. The third-order valence-electron chi connectivity index (χ3n) is 4.28. The van der Waals surface area contributed by atoms with E-state index in [4.69, 9.17) is 0 Å². The maximum absolute atomic E-state index is 12.7. The summed E-state index contributed by atoms with van der Waals surface area (Å²) in [5.41, 5.74) is 1.79. The zero-order valence-corrected chi connectivity index (χ0v) is 13.7. The standard InChI is InChI=1S/C20H15N3O3/c24-19-17(20(25)26)12-15-4-1-2-5-18(15)22(19)13-14-6-8-16(9-7-14)23-11-3-10-21-23/h1-12H,13H2,(H,25,26). The van der Waals surface area contributed by atoms with Gasteiger partial charge < -0.3 is 9.67 Å². The van der Waals surface area contributed by atoms with Gasteiger partial charge in [-0.25, -0.2) is 9.48 Å². The van der Waals surface area contributed by atoms with Crippen LogP contribution in [0.5, 0.6) is 0 Å². The van der Waals surface area contributed by atoms with Gasteiger partial charge in [-0.1, -0.05) is 30.3 Å². The highest BCUT2D eigenvalue weighted by molar-refractivity contribution is 5.92. The van der Waals surface area contributed by atoms with Crippen molar-refractivity contribution in [2.45, 2.75) is 6.54 Å². The molecule has 0 aliphatic carbocycles. The van der Waals surface area contributed by atoms with Gasteiger partial charge in [0, 0.05) is 12.4 Å². The molecule has 2 heterocycles. The zero-order chi connectivity index (χ0) is 18.1. The Morgan fingerprint density at radius 2 is 1.81 bits per heavy atom. The van der Waals surface area contributed by atoms with Crippen LogP contribution < -0.4 is 5.56 Å². The quantitative estimate of drug-likeness (QED) is 0.617. The predicted molar refractivity (Wildman–Crippen MR) is 97.8 cm³/mol. The molecule has 0 spiro atoms. The first kappa shape index (κ1) is 15.8. The van der Waals surface area contributed by atoms with Crippen molar-refractivity contribution in [2.24, 2.45) is 0 Å². The molecular formula is C20H15N3O3. The highest BCUT2D eigenvalue weighted by Gasteiger charge is 2.14. The molecule has 128 valence electrons. The molecule has 6 heteroatoms. The molecule has 0 bridgehead atoms. The molecule has 2 aromatic carbocycles. The van der Waals surface area contributed by atoms with Gasteiger partial charge in [-0.15, -0.1) is 0 Å². The van der Waals surface area contributed by atoms with Crippen LogP contribution in [-0.4, -0.2) is 25.4 Å². The maximum atomic E-state index is 12.7. The summed E-state index contributed by atoms with van der Waals surface area (Å²) in [5, 5.41) is 14.2. The Balaban J connectivity index is 1.78. The van der Waals surface area contributed by atoms with Crippen molar-refractivity contribution >= 4 is 16.9 Å². The number of hydrogen-bond acceptors (Lipinski definition) is 3. The van der Waals surface area contributed by atoms with Crippen molar-refractivity contribution < 1.29 is 9.90 Å². The lowest BCUT2D eigenvalue weighted by Crippen LogP contribution is -2.27. The minimum atomic E-state index is -1.22. The first-order valence-electron chi connectivity index (χ1n) is 8.08. The van der Waals surface area contributed by atoms with Crippen molar-refractivity contribution in [3.05, 3.63) is 94.5 Å². The van der Waals surface area contributed by atoms with Crippen LogP contribution in [0, 0.1) is 0 Å². The molecule has 0 saturated heterocycles. The van der Waals surface area contributed by atoms with E-state index in [0.717, 1.165) is 16.6 Å². The van der Waals surface area contributed by atoms with Crippen LogP contribution >= 0.6 is 0 Å². The van der Waals surface area contributed by atoms with E-state index < -0.39 is 11.5 Å². The number of rotatable bonds is 4. The monoisotopic (exact) mass is 345 g/mol. The van der Waals surface area contributed by atoms with Gasteiger partial charge in [0.1, 0.15) is 5.56 Å². The molecule has 0 fully saturated rings. The molecule has 0 amide bonds. The average Bonchev–Trinajstić information content (AvgIpc) is 3.19.